The molecule has 0 amide bonds. The molecule has 0 fully saturated rings. The average molecular weight is 365 g/mol. The molecule has 0 unspecified atom stereocenters. The van der Waals surface area contributed by atoms with Gasteiger partial charge in [0.05, 0.1) is 17.7 Å². The lowest BCUT2D eigenvalue weighted by Crippen LogP contribution is -2.03. The summed E-state index contributed by atoms with van der Waals surface area (Å²) < 4.78 is 11.1. The fourth-order valence-electron chi connectivity index (χ4n) is 2.72. The first kappa shape index (κ1) is 18.4. The van der Waals surface area contributed by atoms with Crippen molar-refractivity contribution in [1.82, 2.24) is 5.16 Å². The van der Waals surface area contributed by atoms with Crippen molar-refractivity contribution in [3.8, 4) is 17.1 Å². The number of ether oxygens (including phenoxy) is 1. The molecule has 0 saturated heterocycles. The third-order valence-corrected chi connectivity index (χ3v) is 4.06. The van der Waals surface area contributed by atoms with E-state index in [1.165, 1.54) is 6.92 Å². The van der Waals surface area contributed by atoms with Gasteiger partial charge in [0.1, 0.15) is 12.4 Å². The molecular formula is C21H19NO5. The summed E-state index contributed by atoms with van der Waals surface area (Å²) in [7, 11) is 0. The van der Waals surface area contributed by atoms with Gasteiger partial charge in [-0.25, -0.2) is 0 Å². The Morgan fingerprint density at radius 1 is 1.07 bits per heavy atom. The summed E-state index contributed by atoms with van der Waals surface area (Å²) >= 11 is 0. The Labute approximate surface area is 156 Å². The second-order valence-corrected chi connectivity index (χ2v) is 6.08. The van der Waals surface area contributed by atoms with Crippen molar-refractivity contribution in [2.45, 2.75) is 26.4 Å². The van der Waals surface area contributed by atoms with Crippen LogP contribution in [-0.2, 0) is 17.8 Å². The maximum Gasteiger partial charge on any atom is 0.303 e. The van der Waals surface area contributed by atoms with Gasteiger partial charge in [0.25, 0.3) is 0 Å². The number of aromatic nitrogens is 1. The predicted octanol–water partition coefficient (Wildman–Crippen LogP) is 4.14. The molecule has 6 heteroatoms. The number of aliphatic carboxylic acids is 1. The lowest BCUT2D eigenvalue weighted by Gasteiger charge is -2.07. The third kappa shape index (κ3) is 4.61. The van der Waals surface area contributed by atoms with Gasteiger partial charge in [-0.05, 0) is 36.8 Å². The second-order valence-electron chi connectivity index (χ2n) is 6.08. The molecule has 138 valence electrons. The van der Waals surface area contributed by atoms with Gasteiger partial charge in [-0.2, -0.15) is 0 Å². The first-order chi connectivity index (χ1) is 13.0. The SMILES string of the molecule is CC(=O)c1c(CCC(=O)O)noc1-c1ccc(OCc2ccccc2)cc1. The van der Waals surface area contributed by atoms with Crippen molar-refractivity contribution in [2.24, 2.45) is 0 Å². The van der Waals surface area contributed by atoms with E-state index in [9.17, 15) is 9.59 Å². The molecule has 3 aromatic rings. The second kappa shape index (κ2) is 8.31. The number of hydrogen-bond acceptors (Lipinski definition) is 5. The van der Waals surface area contributed by atoms with Gasteiger partial charge in [0, 0.05) is 12.0 Å². The van der Waals surface area contributed by atoms with Crippen molar-refractivity contribution in [3.05, 3.63) is 71.4 Å². The van der Waals surface area contributed by atoms with Crippen LogP contribution in [0.25, 0.3) is 11.3 Å². The quantitative estimate of drug-likeness (QED) is 0.604. The molecule has 2 aromatic carbocycles. The standard InChI is InChI=1S/C21H19NO5/c1-14(23)20-18(11-12-19(24)25)22-27-21(20)16-7-9-17(10-8-16)26-13-15-5-3-2-4-6-15/h2-10H,11-13H2,1H3,(H,24,25). The van der Waals surface area contributed by atoms with Gasteiger partial charge in [-0.1, -0.05) is 35.5 Å². The van der Waals surface area contributed by atoms with Crippen LogP contribution in [0.1, 0.15) is 35.0 Å². The van der Waals surface area contributed by atoms with Crippen LogP contribution in [0, 0.1) is 0 Å². The molecule has 27 heavy (non-hydrogen) atoms. The van der Waals surface area contributed by atoms with Crippen LogP contribution in [0.3, 0.4) is 0 Å². The van der Waals surface area contributed by atoms with Crippen molar-refractivity contribution >= 4 is 11.8 Å². The molecule has 1 heterocycles. The van der Waals surface area contributed by atoms with Gasteiger partial charge in [0.15, 0.2) is 11.5 Å². The molecule has 3 rings (SSSR count). The van der Waals surface area contributed by atoms with Crippen molar-refractivity contribution in [2.75, 3.05) is 0 Å². The molecule has 6 nitrogen and oxygen atoms in total. The molecule has 0 saturated carbocycles. The summed E-state index contributed by atoms with van der Waals surface area (Å²) in [6.07, 6.45) is 0.0323. The van der Waals surface area contributed by atoms with Crippen LogP contribution in [0.5, 0.6) is 5.75 Å². The van der Waals surface area contributed by atoms with E-state index in [1.54, 1.807) is 24.3 Å². The van der Waals surface area contributed by atoms with E-state index in [0.717, 1.165) is 5.56 Å². The maximum atomic E-state index is 12.0. The van der Waals surface area contributed by atoms with E-state index in [4.69, 9.17) is 14.4 Å². The Morgan fingerprint density at radius 2 is 1.78 bits per heavy atom. The van der Waals surface area contributed by atoms with E-state index in [0.29, 0.717) is 34.9 Å². The fraction of sp³-hybridized carbons (Fsp3) is 0.190. The summed E-state index contributed by atoms with van der Waals surface area (Å²) in [6, 6.07) is 17.0. The lowest BCUT2D eigenvalue weighted by molar-refractivity contribution is -0.137. The number of carboxylic acid groups (broad SMARTS) is 1. The minimum atomic E-state index is -0.950. The van der Waals surface area contributed by atoms with E-state index in [2.05, 4.69) is 5.16 Å². The molecule has 0 atom stereocenters. The molecular weight excluding hydrogens is 346 g/mol. The van der Waals surface area contributed by atoms with Gasteiger partial charge < -0.3 is 14.4 Å². The number of carbonyl (C=O) groups excluding carboxylic acids is 1. The molecule has 0 radical (unpaired) electrons. The number of carboxylic acids is 1. The number of benzene rings is 2. The van der Waals surface area contributed by atoms with E-state index >= 15 is 0 Å². The van der Waals surface area contributed by atoms with Crippen LogP contribution in [0.15, 0.2) is 59.1 Å². The summed E-state index contributed by atoms with van der Waals surface area (Å²) in [6.45, 7) is 1.87. The number of Topliss-reactive ketones (excluding diaryl/α,β-unsaturated/α-hetero) is 1. The van der Waals surface area contributed by atoms with Crippen LogP contribution in [-0.4, -0.2) is 22.0 Å². The first-order valence-corrected chi connectivity index (χ1v) is 8.53. The molecule has 1 N–H and O–H groups in total. The summed E-state index contributed by atoms with van der Waals surface area (Å²) in [5, 5.41) is 12.7. The third-order valence-electron chi connectivity index (χ3n) is 4.06. The number of rotatable bonds is 8. The highest BCUT2D eigenvalue weighted by molar-refractivity contribution is 6.00. The lowest BCUT2D eigenvalue weighted by atomic mass is 10.0. The monoisotopic (exact) mass is 365 g/mol. The van der Waals surface area contributed by atoms with Gasteiger partial charge in [-0.15, -0.1) is 0 Å². The molecule has 0 spiro atoms. The van der Waals surface area contributed by atoms with Crippen LogP contribution < -0.4 is 4.74 Å². The largest absolute Gasteiger partial charge is 0.489 e. The van der Waals surface area contributed by atoms with Crippen LogP contribution in [0.2, 0.25) is 0 Å². The summed E-state index contributed by atoms with van der Waals surface area (Å²) in [5.41, 5.74) is 2.44. The minimum Gasteiger partial charge on any atom is -0.489 e. The van der Waals surface area contributed by atoms with Crippen molar-refractivity contribution in [1.29, 1.82) is 0 Å². The Kier molecular flexibility index (Phi) is 5.66. The fourth-order valence-corrected chi connectivity index (χ4v) is 2.72. The zero-order valence-electron chi connectivity index (χ0n) is 14.8. The molecule has 0 bridgehead atoms. The van der Waals surface area contributed by atoms with E-state index < -0.39 is 5.97 Å². The summed E-state index contributed by atoms with van der Waals surface area (Å²) in [5.74, 6) is -0.125. The average Bonchev–Trinajstić information content (AvgIpc) is 3.10. The maximum absolute atomic E-state index is 12.0. The van der Waals surface area contributed by atoms with Crippen molar-refractivity contribution < 1.29 is 24.0 Å². The number of carbonyl (C=O) groups is 2. The number of nitrogens with zero attached hydrogens (tertiary/aromatic N) is 1. The number of aryl methyl sites for hydroxylation is 1. The molecule has 0 aliphatic rings. The molecule has 0 aliphatic heterocycles. The topological polar surface area (TPSA) is 89.6 Å². The molecule has 1 aromatic heterocycles. The Morgan fingerprint density at radius 3 is 2.41 bits per heavy atom. The molecule has 0 aliphatic carbocycles. The number of hydrogen-bond donors (Lipinski definition) is 1. The van der Waals surface area contributed by atoms with Gasteiger partial charge in [-0.3, -0.25) is 9.59 Å². The minimum absolute atomic E-state index is 0.113. The van der Waals surface area contributed by atoms with E-state index in [1.807, 2.05) is 30.3 Å². The normalized spacial score (nSPS) is 10.6. The predicted molar refractivity (Wildman–Crippen MR) is 98.7 cm³/mol. The highest BCUT2D eigenvalue weighted by Gasteiger charge is 2.21. The van der Waals surface area contributed by atoms with Gasteiger partial charge >= 0.3 is 5.97 Å². The highest BCUT2D eigenvalue weighted by Crippen LogP contribution is 2.29. The van der Waals surface area contributed by atoms with E-state index in [-0.39, 0.29) is 18.6 Å². The van der Waals surface area contributed by atoms with Crippen molar-refractivity contribution in [3.63, 3.8) is 0 Å². The zero-order valence-corrected chi connectivity index (χ0v) is 14.8. The van der Waals surface area contributed by atoms with Crippen LogP contribution >= 0.6 is 0 Å². The van der Waals surface area contributed by atoms with Crippen LogP contribution in [0.4, 0.5) is 0 Å². The Balaban J connectivity index is 1.76. The Bertz CT molecular complexity index is 929. The van der Waals surface area contributed by atoms with Gasteiger partial charge in [0.2, 0.25) is 0 Å². The highest BCUT2D eigenvalue weighted by atomic mass is 16.5. The zero-order chi connectivity index (χ0) is 19.2. The first-order valence-electron chi connectivity index (χ1n) is 8.53. The summed E-state index contributed by atoms with van der Waals surface area (Å²) in [4.78, 5) is 22.8. The smallest absolute Gasteiger partial charge is 0.303 e. The Hall–Kier alpha value is -3.41. The number of ketones is 1.